The van der Waals surface area contributed by atoms with E-state index in [0.29, 0.717) is 13.2 Å². The fraction of sp³-hybridized carbons (Fsp3) is 0.833. The number of nitrogens with one attached hydrogen (secondary N) is 1. The maximum atomic E-state index is 12.2. The van der Waals surface area contributed by atoms with Gasteiger partial charge in [-0.15, -0.1) is 0 Å². The van der Waals surface area contributed by atoms with Crippen molar-refractivity contribution < 1.29 is 24.5 Å². The number of nitrogens with zero attached hydrogens (tertiary/aromatic N) is 1. The van der Waals surface area contributed by atoms with Crippen LogP contribution in [0.25, 0.3) is 0 Å². The van der Waals surface area contributed by atoms with Crippen LogP contribution in [-0.4, -0.2) is 65.1 Å². The molecule has 7 nitrogen and oxygen atoms in total. The number of aliphatic carboxylic acids is 1. The van der Waals surface area contributed by atoms with E-state index in [0.717, 1.165) is 12.8 Å². The molecular formula is C12H20N2O5. The summed E-state index contributed by atoms with van der Waals surface area (Å²) in [5.74, 6) is -1.02. The molecule has 2 rings (SSSR count). The normalized spacial score (nSPS) is 21.7. The van der Waals surface area contributed by atoms with Gasteiger partial charge in [-0.05, 0) is 12.8 Å². The van der Waals surface area contributed by atoms with Crippen LogP contribution in [0.1, 0.15) is 25.7 Å². The lowest BCUT2D eigenvalue weighted by atomic mass is 9.90. The molecule has 2 aliphatic rings. The maximum Gasteiger partial charge on any atom is 0.329 e. The van der Waals surface area contributed by atoms with Crippen molar-refractivity contribution in [1.82, 2.24) is 10.2 Å². The zero-order chi connectivity index (χ0) is 13.9. The van der Waals surface area contributed by atoms with Crippen molar-refractivity contribution in [1.29, 1.82) is 0 Å². The number of amides is 2. The van der Waals surface area contributed by atoms with Gasteiger partial charge in [0.1, 0.15) is 5.54 Å². The Hall–Kier alpha value is -1.34. The van der Waals surface area contributed by atoms with E-state index < -0.39 is 17.5 Å². The first-order valence-electron chi connectivity index (χ1n) is 6.60. The van der Waals surface area contributed by atoms with E-state index in [-0.39, 0.29) is 32.0 Å². The molecule has 0 aromatic heterocycles. The van der Waals surface area contributed by atoms with Crippen LogP contribution in [0.5, 0.6) is 0 Å². The third kappa shape index (κ3) is 3.16. The summed E-state index contributed by atoms with van der Waals surface area (Å²) in [5, 5.41) is 21.0. The number of urea groups is 1. The minimum atomic E-state index is -1.24. The Morgan fingerprint density at radius 1 is 1.32 bits per heavy atom. The van der Waals surface area contributed by atoms with Gasteiger partial charge < -0.3 is 25.2 Å². The highest BCUT2D eigenvalue weighted by atomic mass is 16.5. The van der Waals surface area contributed by atoms with E-state index in [1.54, 1.807) is 0 Å². The minimum Gasteiger partial charge on any atom is -0.480 e. The summed E-state index contributed by atoms with van der Waals surface area (Å²) < 4.78 is 5.16. The molecule has 1 saturated heterocycles. The van der Waals surface area contributed by atoms with Gasteiger partial charge in [0.25, 0.3) is 0 Å². The molecule has 0 bridgehead atoms. The third-order valence-electron chi connectivity index (χ3n) is 3.69. The largest absolute Gasteiger partial charge is 0.480 e. The number of hydrogen-bond acceptors (Lipinski definition) is 4. The Bertz CT molecular complexity index is 350. The van der Waals surface area contributed by atoms with Crippen LogP contribution >= 0.6 is 0 Å². The van der Waals surface area contributed by atoms with Crippen molar-refractivity contribution in [2.45, 2.75) is 37.3 Å². The fourth-order valence-corrected chi connectivity index (χ4v) is 2.33. The Labute approximate surface area is 111 Å². The van der Waals surface area contributed by atoms with Crippen molar-refractivity contribution >= 4 is 12.0 Å². The summed E-state index contributed by atoms with van der Waals surface area (Å²) in [6.45, 7) is 0.780. The molecule has 0 spiro atoms. The lowest BCUT2D eigenvalue weighted by Crippen LogP contribution is -2.60. The molecule has 7 heteroatoms. The lowest BCUT2D eigenvalue weighted by molar-refractivity contribution is -0.148. The standard InChI is InChI=1S/C12H20N2O5/c15-6-5-14(9-1-2-9)11(18)13-12(10(16)17)3-7-19-8-4-12/h9,15H,1-8H2,(H,13,18)(H,16,17). The predicted molar refractivity (Wildman–Crippen MR) is 65.8 cm³/mol. The van der Waals surface area contributed by atoms with Crippen LogP contribution in [0.4, 0.5) is 4.79 Å². The third-order valence-corrected chi connectivity index (χ3v) is 3.69. The summed E-state index contributed by atoms with van der Waals surface area (Å²) in [5.41, 5.74) is -1.24. The molecule has 0 aromatic rings. The van der Waals surface area contributed by atoms with Crippen LogP contribution in [0.2, 0.25) is 0 Å². The van der Waals surface area contributed by atoms with Crippen molar-refractivity contribution in [3.05, 3.63) is 0 Å². The molecule has 0 atom stereocenters. The first-order valence-corrected chi connectivity index (χ1v) is 6.60. The van der Waals surface area contributed by atoms with E-state index in [1.165, 1.54) is 4.90 Å². The molecule has 108 valence electrons. The van der Waals surface area contributed by atoms with Gasteiger partial charge in [0.05, 0.1) is 6.61 Å². The molecular weight excluding hydrogens is 252 g/mol. The number of aliphatic hydroxyl groups excluding tert-OH is 1. The molecule has 1 aliphatic carbocycles. The molecule has 1 aliphatic heterocycles. The second-order valence-electron chi connectivity index (χ2n) is 5.08. The number of aliphatic hydroxyl groups is 1. The maximum absolute atomic E-state index is 12.2. The van der Waals surface area contributed by atoms with Gasteiger partial charge in [-0.3, -0.25) is 0 Å². The summed E-state index contributed by atoms with van der Waals surface area (Å²) in [6.07, 6.45) is 2.37. The Morgan fingerprint density at radius 3 is 2.42 bits per heavy atom. The smallest absolute Gasteiger partial charge is 0.329 e. The van der Waals surface area contributed by atoms with Crippen LogP contribution in [-0.2, 0) is 9.53 Å². The zero-order valence-electron chi connectivity index (χ0n) is 10.8. The van der Waals surface area contributed by atoms with E-state index in [1.807, 2.05) is 0 Å². The Kier molecular flexibility index (Phi) is 4.26. The molecule has 0 radical (unpaired) electrons. The van der Waals surface area contributed by atoms with Crippen molar-refractivity contribution in [3.8, 4) is 0 Å². The molecule has 1 heterocycles. The molecule has 1 saturated carbocycles. The number of carbonyl (C=O) groups excluding carboxylic acids is 1. The minimum absolute atomic E-state index is 0.118. The number of carboxylic acid groups (broad SMARTS) is 1. The average molecular weight is 272 g/mol. The van der Waals surface area contributed by atoms with Gasteiger partial charge in [-0.25, -0.2) is 9.59 Å². The van der Waals surface area contributed by atoms with Crippen LogP contribution in [0.15, 0.2) is 0 Å². The lowest BCUT2D eigenvalue weighted by Gasteiger charge is -2.36. The van der Waals surface area contributed by atoms with Gasteiger partial charge in [0.15, 0.2) is 0 Å². The van der Waals surface area contributed by atoms with Crippen LogP contribution in [0.3, 0.4) is 0 Å². The highest BCUT2D eigenvalue weighted by molar-refractivity contribution is 5.86. The molecule has 0 unspecified atom stereocenters. The summed E-state index contributed by atoms with van der Waals surface area (Å²) in [4.78, 5) is 25.2. The van der Waals surface area contributed by atoms with Crippen molar-refractivity contribution in [2.24, 2.45) is 0 Å². The fourth-order valence-electron chi connectivity index (χ4n) is 2.33. The molecule has 2 amide bonds. The van der Waals surface area contributed by atoms with Crippen molar-refractivity contribution in [2.75, 3.05) is 26.4 Å². The van der Waals surface area contributed by atoms with Gasteiger partial charge in [0, 0.05) is 38.6 Å². The second-order valence-corrected chi connectivity index (χ2v) is 5.08. The number of ether oxygens (including phenoxy) is 1. The quantitative estimate of drug-likeness (QED) is 0.643. The van der Waals surface area contributed by atoms with E-state index in [9.17, 15) is 14.7 Å². The first kappa shape index (κ1) is 14.1. The number of hydrogen-bond donors (Lipinski definition) is 3. The topological polar surface area (TPSA) is 99.1 Å². The highest BCUT2D eigenvalue weighted by Crippen LogP contribution is 2.28. The SMILES string of the molecule is O=C(NC1(C(=O)O)CCOCC1)N(CCO)C1CC1. The van der Waals surface area contributed by atoms with E-state index >= 15 is 0 Å². The molecule has 3 N–H and O–H groups in total. The van der Waals surface area contributed by atoms with Gasteiger partial charge in [0.2, 0.25) is 0 Å². The molecule has 2 fully saturated rings. The number of carboxylic acids is 1. The summed E-state index contributed by atoms with van der Waals surface area (Å²) in [6, 6.07) is -0.265. The zero-order valence-corrected chi connectivity index (χ0v) is 10.8. The average Bonchev–Trinajstić information content (AvgIpc) is 3.21. The molecule has 0 aromatic carbocycles. The van der Waals surface area contributed by atoms with Crippen LogP contribution < -0.4 is 5.32 Å². The Balaban J connectivity index is 2.03. The van der Waals surface area contributed by atoms with Gasteiger partial charge in [-0.2, -0.15) is 0 Å². The van der Waals surface area contributed by atoms with E-state index in [4.69, 9.17) is 9.84 Å². The number of carbonyl (C=O) groups is 2. The van der Waals surface area contributed by atoms with Crippen LogP contribution in [0, 0.1) is 0 Å². The first-order chi connectivity index (χ1) is 9.09. The Morgan fingerprint density at radius 2 is 1.95 bits per heavy atom. The number of rotatable bonds is 5. The van der Waals surface area contributed by atoms with Crippen molar-refractivity contribution in [3.63, 3.8) is 0 Å². The van der Waals surface area contributed by atoms with Gasteiger partial charge in [-0.1, -0.05) is 0 Å². The predicted octanol–water partition coefficient (Wildman–Crippen LogP) is -0.214. The molecule has 19 heavy (non-hydrogen) atoms. The summed E-state index contributed by atoms with van der Waals surface area (Å²) in [7, 11) is 0. The highest BCUT2D eigenvalue weighted by Gasteiger charge is 2.44. The van der Waals surface area contributed by atoms with E-state index in [2.05, 4.69) is 5.32 Å². The second kappa shape index (κ2) is 5.75. The summed E-state index contributed by atoms with van der Waals surface area (Å²) >= 11 is 0. The monoisotopic (exact) mass is 272 g/mol. The van der Waals surface area contributed by atoms with Gasteiger partial charge >= 0.3 is 12.0 Å².